The first-order valence-electron chi connectivity index (χ1n) is 10.8. The van der Waals surface area contributed by atoms with Gasteiger partial charge in [-0.3, -0.25) is 4.79 Å². The molecule has 1 atom stereocenters. The van der Waals surface area contributed by atoms with E-state index in [1.807, 2.05) is 18.2 Å². The first kappa shape index (κ1) is 25.1. The van der Waals surface area contributed by atoms with Crippen LogP contribution < -0.4 is 15.4 Å². The van der Waals surface area contributed by atoms with Gasteiger partial charge >= 0.3 is 5.97 Å². The van der Waals surface area contributed by atoms with Gasteiger partial charge in [-0.1, -0.05) is 35.8 Å². The molecule has 0 saturated heterocycles. The molecule has 0 radical (unpaired) electrons. The number of nitrogens with zero attached hydrogens (tertiary/aromatic N) is 2. The number of carbonyl (C=O) groups excluding carboxylic acids is 1. The molecule has 0 aliphatic carbocycles. The molecule has 12 heteroatoms. The van der Waals surface area contributed by atoms with Crippen LogP contribution in [0.25, 0.3) is 0 Å². The van der Waals surface area contributed by atoms with Crippen molar-refractivity contribution >= 4 is 33.4 Å². The minimum Gasteiger partial charge on any atom is -0.478 e. The molecule has 0 fully saturated rings. The van der Waals surface area contributed by atoms with Gasteiger partial charge in [-0.2, -0.15) is 4.72 Å². The molecule has 182 valence electrons. The zero-order valence-electron chi connectivity index (χ0n) is 18.4. The maximum atomic E-state index is 12.9. The van der Waals surface area contributed by atoms with E-state index in [0.29, 0.717) is 25.8 Å². The summed E-state index contributed by atoms with van der Waals surface area (Å²) in [7, 11) is -4.25. The molecule has 3 rings (SSSR count). The van der Waals surface area contributed by atoms with Crippen molar-refractivity contribution in [1.29, 1.82) is 0 Å². The van der Waals surface area contributed by atoms with Gasteiger partial charge in [0.2, 0.25) is 15.7 Å². The van der Waals surface area contributed by atoms with E-state index in [2.05, 4.69) is 25.5 Å². The van der Waals surface area contributed by atoms with E-state index in [4.69, 9.17) is 4.84 Å². The van der Waals surface area contributed by atoms with Crippen LogP contribution in [-0.2, 0) is 24.4 Å². The molecule has 1 aromatic carbocycles. The number of oxime groups is 1. The van der Waals surface area contributed by atoms with Gasteiger partial charge in [0.15, 0.2) is 0 Å². The Hall–Kier alpha value is -3.51. The Kier molecular flexibility index (Phi) is 8.55. The summed E-state index contributed by atoms with van der Waals surface area (Å²) < 4.78 is 28.1. The maximum absolute atomic E-state index is 12.9. The number of nitrogens with one attached hydrogen (secondary N) is 3. The molecule has 34 heavy (non-hydrogen) atoms. The van der Waals surface area contributed by atoms with Gasteiger partial charge in [-0.05, 0) is 43.5 Å². The summed E-state index contributed by atoms with van der Waals surface area (Å²) in [5.41, 5.74) is -2.25. The predicted molar refractivity (Wildman–Crippen MR) is 124 cm³/mol. The molecule has 0 saturated carbocycles. The second-order valence-corrected chi connectivity index (χ2v) is 9.34. The molecule has 1 unspecified atom stereocenters. The number of sulfonamides is 1. The summed E-state index contributed by atoms with van der Waals surface area (Å²) in [4.78, 5) is 33.9. The number of carboxylic acid groups (broad SMARTS) is 1. The lowest BCUT2D eigenvalue weighted by Gasteiger charge is -2.31. The van der Waals surface area contributed by atoms with Crippen LogP contribution in [0.4, 0.5) is 5.82 Å². The van der Waals surface area contributed by atoms with Crippen LogP contribution >= 0.6 is 0 Å². The van der Waals surface area contributed by atoms with Crippen LogP contribution in [0.15, 0.2) is 64.8 Å². The van der Waals surface area contributed by atoms with Gasteiger partial charge in [0.1, 0.15) is 18.1 Å². The summed E-state index contributed by atoms with van der Waals surface area (Å²) in [6.45, 7) is 0.801. The summed E-state index contributed by atoms with van der Waals surface area (Å²) in [5, 5.41) is 19.2. The lowest BCUT2D eigenvalue weighted by atomic mass is 10.0. The topological polar surface area (TPSA) is 159 Å². The SMILES string of the molecule is O=C(NC(CCCCCNc1ccccn1)(NS(=O)(=O)c1ccccc1)C(=O)O)C1=NOCC1. The second kappa shape index (κ2) is 11.6. The number of carbonyl (C=O) groups is 2. The molecule has 2 aromatic rings. The lowest BCUT2D eigenvalue weighted by molar-refractivity contribution is -0.148. The van der Waals surface area contributed by atoms with Gasteiger partial charge in [0.05, 0.1) is 4.90 Å². The van der Waals surface area contributed by atoms with Crippen molar-refractivity contribution in [2.24, 2.45) is 5.16 Å². The van der Waals surface area contributed by atoms with Crippen molar-refractivity contribution in [3.05, 3.63) is 54.7 Å². The monoisotopic (exact) mass is 489 g/mol. The Morgan fingerprint density at radius 1 is 1.06 bits per heavy atom. The molecule has 11 nitrogen and oxygen atoms in total. The third-order valence-corrected chi connectivity index (χ3v) is 6.63. The molecular weight excluding hydrogens is 462 g/mol. The Labute approximate surface area is 197 Å². The number of anilines is 1. The highest BCUT2D eigenvalue weighted by molar-refractivity contribution is 7.89. The highest BCUT2D eigenvalue weighted by Crippen LogP contribution is 2.19. The highest BCUT2D eigenvalue weighted by Gasteiger charge is 2.44. The number of hydrogen-bond donors (Lipinski definition) is 4. The van der Waals surface area contributed by atoms with E-state index in [9.17, 15) is 23.1 Å². The fraction of sp³-hybridized carbons (Fsp3) is 0.364. The average Bonchev–Trinajstić information content (AvgIpc) is 3.37. The smallest absolute Gasteiger partial charge is 0.345 e. The highest BCUT2D eigenvalue weighted by atomic mass is 32.2. The predicted octanol–water partition coefficient (Wildman–Crippen LogP) is 1.71. The molecular formula is C22H27N5O6S. The summed E-state index contributed by atoms with van der Waals surface area (Å²) in [5.74, 6) is -1.59. The zero-order chi connectivity index (χ0) is 24.4. The third kappa shape index (κ3) is 6.75. The number of pyridine rings is 1. The van der Waals surface area contributed by atoms with E-state index in [1.165, 1.54) is 24.3 Å². The number of benzene rings is 1. The van der Waals surface area contributed by atoms with Crippen LogP contribution in [-0.4, -0.2) is 54.9 Å². The van der Waals surface area contributed by atoms with Gasteiger partial charge in [-0.25, -0.2) is 18.2 Å². The van der Waals surface area contributed by atoms with Gasteiger partial charge in [0, 0.05) is 19.2 Å². The molecule has 2 heterocycles. The summed E-state index contributed by atoms with van der Waals surface area (Å²) in [6, 6.07) is 12.9. The van der Waals surface area contributed by atoms with Crippen LogP contribution in [0.2, 0.25) is 0 Å². The number of amides is 1. The minimum atomic E-state index is -4.25. The molecule has 1 aliphatic heterocycles. The van der Waals surface area contributed by atoms with Crippen molar-refractivity contribution < 1.29 is 28.0 Å². The molecule has 1 amide bonds. The molecule has 0 spiro atoms. The molecule has 4 N–H and O–H groups in total. The molecule has 1 aliphatic rings. The largest absolute Gasteiger partial charge is 0.478 e. The number of carboxylic acids is 1. The number of hydrogen-bond acceptors (Lipinski definition) is 8. The summed E-state index contributed by atoms with van der Waals surface area (Å²) >= 11 is 0. The van der Waals surface area contributed by atoms with Crippen molar-refractivity contribution in [2.75, 3.05) is 18.5 Å². The normalized spacial score (nSPS) is 15.0. The number of aromatic nitrogens is 1. The lowest BCUT2D eigenvalue weighted by Crippen LogP contribution is -2.66. The first-order chi connectivity index (χ1) is 16.3. The molecule has 1 aromatic heterocycles. The van der Waals surface area contributed by atoms with Crippen LogP contribution in [0.1, 0.15) is 32.1 Å². The Morgan fingerprint density at radius 2 is 1.82 bits per heavy atom. The van der Waals surface area contributed by atoms with Crippen molar-refractivity contribution in [1.82, 2.24) is 15.0 Å². The second-order valence-electron chi connectivity index (χ2n) is 7.66. The fourth-order valence-electron chi connectivity index (χ4n) is 3.34. The van der Waals surface area contributed by atoms with E-state index >= 15 is 0 Å². The van der Waals surface area contributed by atoms with Crippen molar-refractivity contribution in [3.8, 4) is 0 Å². The standard InChI is InChI=1S/C22H27N5O6S/c28-20(18-12-16-33-26-18)25-22(21(29)30,27-34(31,32)17-9-3-1-4-10-17)13-6-2-7-14-23-19-11-5-8-15-24-19/h1,3-5,8-11,15,27H,2,6-7,12-14,16H2,(H,23,24)(H,25,28)(H,29,30). The molecule has 0 bridgehead atoms. The van der Waals surface area contributed by atoms with E-state index in [-0.39, 0.29) is 30.1 Å². The van der Waals surface area contributed by atoms with E-state index < -0.39 is 27.6 Å². The van der Waals surface area contributed by atoms with Crippen LogP contribution in [0.3, 0.4) is 0 Å². The number of rotatable bonds is 13. The Bertz CT molecular complexity index is 1110. The quantitative estimate of drug-likeness (QED) is 0.244. The Balaban J connectivity index is 1.70. The van der Waals surface area contributed by atoms with E-state index in [0.717, 1.165) is 5.82 Å². The fourth-order valence-corrected chi connectivity index (χ4v) is 4.67. The van der Waals surface area contributed by atoms with Crippen LogP contribution in [0.5, 0.6) is 0 Å². The Morgan fingerprint density at radius 3 is 2.47 bits per heavy atom. The third-order valence-electron chi connectivity index (χ3n) is 5.12. The van der Waals surface area contributed by atoms with Gasteiger partial charge < -0.3 is 20.6 Å². The van der Waals surface area contributed by atoms with Crippen molar-refractivity contribution in [3.63, 3.8) is 0 Å². The first-order valence-corrected chi connectivity index (χ1v) is 12.3. The number of aliphatic carboxylic acids is 1. The van der Waals surface area contributed by atoms with Gasteiger partial charge in [-0.15, -0.1) is 0 Å². The van der Waals surface area contributed by atoms with E-state index in [1.54, 1.807) is 12.3 Å². The van der Waals surface area contributed by atoms with Gasteiger partial charge in [0.25, 0.3) is 5.91 Å². The van der Waals surface area contributed by atoms with Crippen molar-refractivity contribution in [2.45, 2.75) is 42.7 Å². The minimum absolute atomic E-state index is 0.00379. The summed E-state index contributed by atoms with van der Waals surface area (Å²) in [6.07, 6.45) is 3.31. The maximum Gasteiger partial charge on any atom is 0.345 e. The van der Waals surface area contributed by atoms with Crippen LogP contribution in [0, 0.1) is 0 Å². The zero-order valence-corrected chi connectivity index (χ0v) is 19.3. The average molecular weight is 490 g/mol. The number of unbranched alkanes of at least 4 members (excludes halogenated alkanes) is 2.